The average molecular weight is 276 g/mol. The van der Waals surface area contributed by atoms with Gasteiger partial charge in [0.2, 0.25) is 5.91 Å². The molecule has 110 valence electrons. The molecule has 1 amide bonds. The van der Waals surface area contributed by atoms with Gasteiger partial charge in [-0.1, -0.05) is 12.1 Å². The van der Waals surface area contributed by atoms with Gasteiger partial charge in [-0.3, -0.25) is 4.79 Å². The fourth-order valence-corrected chi connectivity index (χ4v) is 2.65. The molecule has 0 spiro atoms. The number of ether oxygens (including phenoxy) is 1. The predicted molar refractivity (Wildman–Crippen MR) is 80.6 cm³/mol. The van der Waals surface area contributed by atoms with E-state index in [2.05, 4.69) is 10.6 Å². The number of benzene rings is 1. The number of hydrogen-bond donors (Lipinski definition) is 2. The molecule has 0 radical (unpaired) electrons. The Morgan fingerprint density at radius 1 is 1.40 bits per heavy atom. The second kappa shape index (κ2) is 7.41. The first-order chi connectivity index (χ1) is 9.71. The van der Waals surface area contributed by atoms with E-state index in [0.29, 0.717) is 18.4 Å². The summed E-state index contributed by atoms with van der Waals surface area (Å²) < 4.78 is 5.51. The number of carbonyl (C=O) groups is 1. The molecule has 1 aliphatic carbocycles. The lowest BCUT2D eigenvalue weighted by Crippen LogP contribution is -2.33. The van der Waals surface area contributed by atoms with Gasteiger partial charge >= 0.3 is 0 Å². The number of amides is 1. The van der Waals surface area contributed by atoms with Crippen LogP contribution in [0.3, 0.4) is 0 Å². The zero-order valence-corrected chi connectivity index (χ0v) is 12.3. The monoisotopic (exact) mass is 276 g/mol. The molecule has 0 aliphatic heterocycles. The van der Waals surface area contributed by atoms with Gasteiger partial charge in [0.25, 0.3) is 0 Å². The van der Waals surface area contributed by atoms with E-state index < -0.39 is 0 Å². The molecule has 0 saturated heterocycles. The summed E-state index contributed by atoms with van der Waals surface area (Å²) in [5.74, 6) is 0.582. The Morgan fingerprint density at radius 2 is 2.20 bits per heavy atom. The fraction of sp³-hybridized carbons (Fsp3) is 0.562. The minimum Gasteiger partial charge on any atom is -0.378 e. The average Bonchev–Trinajstić information content (AvgIpc) is 2.37. The van der Waals surface area contributed by atoms with E-state index in [9.17, 15) is 4.79 Å². The van der Waals surface area contributed by atoms with Crippen molar-refractivity contribution < 1.29 is 9.53 Å². The van der Waals surface area contributed by atoms with Gasteiger partial charge < -0.3 is 15.4 Å². The van der Waals surface area contributed by atoms with Gasteiger partial charge in [-0.2, -0.15) is 0 Å². The summed E-state index contributed by atoms with van der Waals surface area (Å²) in [4.78, 5) is 12.0. The maximum absolute atomic E-state index is 12.0. The van der Waals surface area contributed by atoms with Gasteiger partial charge in [-0.15, -0.1) is 0 Å². The van der Waals surface area contributed by atoms with Gasteiger partial charge in [-0.05, 0) is 50.4 Å². The first kappa shape index (κ1) is 15.0. The minimum atomic E-state index is 0.103. The van der Waals surface area contributed by atoms with Crippen LogP contribution < -0.4 is 10.6 Å². The summed E-state index contributed by atoms with van der Waals surface area (Å²) in [6.45, 7) is 3.59. The van der Waals surface area contributed by atoms with Crippen LogP contribution in [0.1, 0.15) is 31.7 Å². The quantitative estimate of drug-likeness (QED) is 0.804. The Bertz CT molecular complexity index is 442. The van der Waals surface area contributed by atoms with E-state index in [-0.39, 0.29) is 5.91 Å². The highest BCUT2D eigenvalue weighted by molar-refractivity contribution is 5.91. The third-order valence-electron chi connectivity index (χ3n) is 3.66. The Hall–Kier alpha value is -1.39. The first-order valence-corrected chi connectivity index (χ1v) is 7.36. The van der Waals surface area contributed by atoms with Crippen molar-refractivity contribution in [1.82, 2.24) is 5.32 Å². The van der Waals surface area contributed by atoms with Crippen molar-refractivity contribution in [2.24, 2.45) is 5.92 Å². The van der Waals surface area contributed by atoms with Crippen molar-refractivity contribution in [3.05, 3.63) is 29.8 Å². The lowest BCUT2D eigenvalue weighted by Gasteiger charge is -2.34. The summed E-state index contributed by atoms with van der Waals surface area (Å²) in [6, 6.07) is 7.96. The van der Waals surface area contributed by atoms with Crippen molar-refractivity contribution >= 4 is 11.6 Å². The zero-order chi connectivity index (χ0) is 14.4. The SMILES string of the molecule is CCOC1CC(CC(=O)Nc2cccc(CNC)c2)C1. The Morgan fingerprint density at radius 3 is 2.90 bits per heavy atom. The van der Waals surface area contributed by atoms with Crippen LogP contribution in [0.15, 0.2) is 24.3 Å². The van der Waals surface area contributed by atoms with Crippen LogP contribution in [0, 0.1) is 5.92 Å². The molecule has 2 N–H and O–H groups in total. The lowest BCUT2D eigenvalue weighted by molar-refractivity contribution is -0.119. The third kappa shape index (κ3) is 4.32. The Kier molecular flexibility index (Phi) is 5.56. The molecule has 1 aromatic rings. The van der Waals surface area contributed by atoms with E-state index in [4.69, 9.17) is 4.74 Å². The Balaban J connectivity index is 1.76. The number of carbonyl (C=O) groups excluding carboxylic acids is 1. The molecule has 0 heterocycles. The van der Waals surface area contributed by atoms with E-state index >= 15 is 0 Å². The lowest BCUT2D eigenvalue weighted by atomic mass is 9.80. The summed E-state index contributed by atoms with van der Waals surface area (Å²) in [6.07, 6.45) is 3.00. The smallest absolute Gasteiger partial charge is 0.224 e. The molecule has 4 heteroatoms. The van der Waals surface area contributed by atoms with Crippen molar-refractivity contribution in [3.8, 4) is 0 Å². The fourth-order valence-electron chi connectivity index (χ4n) is 2.65. The van der Waals surface area contributed by atoms with E-state index in [0.717, 1.165) is 31.7 Å². The molecule has 0 unspecified atom stereocenters. The highest BCUT2D eigenvalue weighted by Gasteiger charge is 2.30. The molecular formula is C16H24N2O2. The van der Waals surface area contributed by atoms with Crippen molar-refractivity contribution in [2.75, 3.05) is 19.0 Å². The van der Waals surface area contributed by atoms with E-state index in [1.165, 1.54) is 5.56 Å². The predicted octanol–water partition coefficient (Wildman–Crippen LogP) is 2.55. The molecule has 1 saturated carbocycles. The zero-order valence-electron chi connectivity index (χ0n) is 12.3. The highest BCUT2D eigenvalue weighted by Crippen LogP contribution is 2.32. The van der Waals surface area contributed by atoms with Crippen molar-refractivity contribution in [2.45, 2.75) is 38.8 Å². The van der Waals surface area contributed by atoms with Crippen LogP contribution in [0.25, 0.3) is 0 Å². The first-order valence-electron chi connectivity index (χ1n) is 7.36. The number of hydrogen-bond acceptors (Lipinski definition) is 3. The second-order valence-electron chi connectivity index (χ2n) is 5.40. The number of anilines is 1. The topological polar surface area (TPSA) is 50.4 Å². The van der Waals surface area contributed by atoms with Crippen molar-refractivity contribution in [1.29, 1.82) is 0 Å². The molecule has 2 rings (SSSR count). The largest absolute Gasteiger partial charge is 0.378 e. The summed E-state index contributed by atoms with van der Waals surface area (Å²) in [5.41, 5.74) is 2.05. The minimum absolute atomic E-state index is 0.103. The summed E-state index contributed by atoms with van der Waals surface area (Å²) >= 11 is 0. The molecule has 20 heavy (non-hydrogen) atoms. The summed E-state index contributed by atoms with van der Waals surface area (Å²) in [7, 11) is 1.91. The van der Waals surface area contributed by atoms with Crippen LogP contribution in [-0.2, 0) is 16.1 Å². The van der Waals surface area contributed by atoms with Gasteiger partial charge in [0.15, 0.2) is 0 Å². The molecule has 1 aromatic carbocycles. The van der Waals surface area contributed by atoms with E-state index in [1.807, 2.05) is 38.2 Å². The number of rotatable bonds is 7. The van der Waals surface area contributed by atoms with Gasteiger partial charge in [0.05, 0.1) is 6.10 Å². The molecule has 0 atom stereocenters. The van der Waals surface area contributed by atoms with Crippen LogP contribution in [0.2, 0.25) is 0 Å². The van der Waals surface area contributed by atoms with Crippen LogP contribution in [0.4, 0.5) is 5.69 Å². The van der Waals surface area contributed by atoms with Gasteiger partial charge in [0, 0.05) is 25.3 Å². The molecule has 1 fully saturated rings. The maximum atomic E-state index is 12.0. The maximum Gasteiger partial charge on any atom is 0.224 e. The number of nitrogens with one attached hydrogen (secondary N) is 2. The van der Waals surface area contributed by atoms with E-state index in [1.54, 1.807) is 0 Å². The highest BCUT2D eigenvalue weighted by atomic mass is 16.5. The molecule has 1 aliphatic rings. The third-order valence-corrected chi connectivity index (χ3v) is 3.66. The van der Waals surface area contributed by atoms with Crippen LogP contribution in [-0.4, -0.2) is 25.7 Å². The van der Waals surface area contributed by atoms with Gasteiger partial charge in [-0.25, -0.2) is 0 Å². The summed E-state index contributed by atoms with van der Waals surface area (Å²) in [5, 5.41) is 6.08. The molecule has 0 aromatic heterocycles. The molecular weight excluding hydrogens is 252 g/mol. The standard InChI is InChI=1S/C16H24N2O2/c1-3-20-15-8-13(9-15)10-16(19)18-14-6-4-5-12(7-14)11-17-2/h4-7,13,15,17H,3,8-11H2,1-2H3,(H,18,19). The second-order valence-corrected chi connectivity index (χ2v) is 5.40. The Labute approximate surface area is 120 Å². The normalized spacial score (nSPS) is 21.3. The van der Waals surface area contributed by atoms with Crippen LogP contribution in [0.5, 0.6) is 0 Å². The molecule has 4 nitrogen and oxygen atoms in total. The van der Waals surface area contributed by atoms with Gasteiger partial charge in [0.1, 0.15) is 0 Å². The molecule has 0 bridgehead atoms. The van der Waals surface area contributed by atoms with Crippen LogP contribution >= 0.6 is 0 Å². The van der Waals surface area contributed by atoms with Crippen molar-refractivity contribution in [3.63, 3.8) is 0 Å².